The first-order valence-corrected chi connectivity index (χ1v) is 9.57. The summed E-state index contributed by atoms with van der Waals surface area (Å²) >= 11 is 0. The zero-order valence-corrected chi connectivity index (χ0v) is 15.9. The Morgan fingerprint density at radius 1 is 1.21 bits per heavy atom. The number of likely N-dealkylation sites (tertiary alicyclic amines) is 1. The third-order valence-corrected chi connectivity index (χ3v) is 5.93. The van der Waals surface area contributed by atoms with E-state index in [1.54, 1.807) is 29.2 Å². The molecule has 0 bridgehead atoms. The van der Waals surface area contributed by atoms with Gasteiger partial charge in [0.25, 0.3) is 5.91 Å². The van der Waals surface area contributed by atoms with E-state index < -0.39 is 0 Å². The van der Waals surface area contributed by atoms with E-state index in [1.165, 1.54) is 18.2 Å². The number of carbonyl (C=O) groups is 1. The van der Waals surface area contributed by atoms with Gasteiger partial charge in [-0.1, -0.05) is 6.07 Å². The minimum Gasteiger partial charge on any atom is -0.373 e. The number of aromatic amines is 1. The van der Waals surface area contributed by atoms with Gasteiger partial charge in [-0.25, -0.2) is 4.39 Å². The molecule has 0 unspecified atom stereocenters. The number of aromatic nitrogens is 1. The number of ether oxygens (including phenoxy) is 1. The van der Waals surface area contributed by atoms with Crippen LogP contribution in [0.15, 0.2) is 47.3 Å². The maximum absolute atomic E-state index is 13.2. The van der Waals surface area contributed by atoms with Crippen molar-refractivity contribution in [3.05, 3.63) is 64.3 Å². The molecule has 28 heavy (non-hydrogen) atoms. The van der Waals surface area contributed by atoms with Gasteiger partial charge in [0.1, 0.15) is 11.5 Å². The summed E-state index contributed by atoms with van der Waals surface area (Å²) in [6.45, 7) is 1.82. The fourth-order valence-corrected chi connectivity index (χ4v) is 4.16. The van der Waals surface area contributed by atoms with Crippen LogP contribution < -0.4 is 10.5 Å². The summed E-state index contributed by atoms with van der Waals surface area (Å²) in [5.41, 5.74) is 0.794. The molecule has 1 aromatic heterocycles. The van der Waals surface area contributed by atoms with Crippen molar-refractivity contribution in [1.29, 1.82) is 0 Å². The highest BCUT2D eigenvalue weighted by atomic mass is 19.1. The van der Waals surface area contributed by atoms with Gasteiger partial charge in [0.2, 0.25) is 5.56 Å². The molecule has 1 aromatic carbocycles. The molecule has 6 nitrogen and oxygen atoms in total. The molecular formula is C21H24FN3O3. The molecule has 1 amide bonds. The van der Waals surface area contributed by atoms with Gasteiger partial charge in [0, 0.05) is 31.9 Å². The van der Waals surface area contributed by atoms with Crippen LogP contribution in [0, 0.1) is 5.82 Å². The number of hydrogen-bond donors (Lipinski definition) is 1. The fraction of sp³-hybridized carbons (Fsp3) is 0.429. The predicted molar refractivity (Wildman–Crippen MR) is 104 cm³/mol. The number of nitrogens with zero attached hydrogens (tertiary/aromatic N) is 2. The first kappa shape index (κ1) is 18.7. The number of nitrogens with one attached hydrogen (secondary N) is 1. The van der Waals surface area contributed by atoms with Crippen LogP contribution >= 0.6 is 0 Å². The number of benzene rings is 1. The van der Waals surface area contributed by atoms with Crippen LogP contribution in [0.2, 0.25) is 0 Å². The van der Waals surface area contributed by atoms with Crippen molar-refractivity contribution < 1.29 is 13.9 Å². The number of anilines is 1. The van der Waals surface area contributed by atoms with E-state index in [9.17, 15) is 14.0 Å². The maximum Gasteiger partial charge on any atom is 0.270 e. The van der Waals surface area contributed by atoms with Crippen molar-refractivity contribution in [2.45, 2.75) is 30.9 Å². The van der Waals surface area contributed by atoms with Gasteiger partial charge in [0.15, 0.2) is 0 Å². The van der Waals surface area contributed by atoms with Crippen molar-refractivity contribution in [2.24, 2.45) is 0 Å². The van der Waals surface area contributed by atoms with Crippen LogP contribution in [-0.2, 0) is 4.74 Å². The number of piperidine rings is 1. The highest BCUT2D eigenvalue weighted by molar-refractivity contribution is 5.92. The lowest BCUT2D eigenvalue weighted by atomic mass is 9.87. The molecule has 7 heteroatoms. The van der Waals surface area contributed by atoms with E-state index in [1.807, 2.05) is 7.05 Å². The Morgan fingerprint density at radius 2 is 1.93 bits per heavy atom. The second-order valence-corrected chi connectivity index (χ2v) is 7.66. The van der Waals surface area contributed by atoms with E-state index in [0.717, 1.165) is 24.9 Å². The van der Waals surface area contributed by atoms with Crippen LogP contribution in [0.3, 0.4) is 0 Å². The lowest BCUT2D eigenvalue weighted by Crippen LogP contribution is -2.47. The molecule has 2 aliphatic rings. The van der Waals surface area contributed by atoms with Gasteiger partial charge in [0.05, 0.1) is 18.2 Å². The van der Waals surface area contributed by atoms with Crippen molar-refractivity contribution in [2.75, 3.05) is 31.6 Å². The number of carbonyl (C=O) groups excluding carboxylic acids is 1. The van der Waals surface area contributed by atoms with Crippen LogP contribution in [0.5, 0.6) is 0 Å². The summed E-state index contributed by atoms with van der Waals surface area (Å²) in [5.74, 6) is -0.390. The molecule has 0 saturated carbocycles. The number of rotatable bonds is 3. The summed E-state index contributed by atoms with van der Waals surface area (Å²) in [6, 6.07) is 11.3. The van der Waals surface area contributed by atoms with Gasteiger partial charge in [-0.2, -0.15) is 0 Å². The third-order valence-electron chi connectivity index (χ3n) is 5.93. The SMILES string of the molecule is CN(c1ccc(F)cc1)[C@@H]1COC2(CCN(C(=O)c3cccc(=O)[nH]3)CC2)C1. The topological polar surface area (TPSA) is 65.6 Å². The highest BCUT2D eigenvalue weighted by Gasteiger charge is 2.44. The number of H-pyrrole nitrogens is 1. The molecule has 1 atom stereocenters. The van der Waals surface area contributed by atoms with Gasteiger partial charge in [-0.15, -0.1) is 0 Å². The van der Waals surface area contributed by atoms with Crippen LogP contribution in [0.1, 0.15) is 29.8 Å². The Balaban J connectivity index is 1.37. The second-order valence-electron chi connectivity index (χ2n) is 7.66. The lowest BCUT2D eigenvalue weighted by Gasteiger charge is -2.39. The van der Waals surface area contributed by atoms with E-state index in [-0.39, 0.29) is 28.9 Å². The maximum atomic E-state index is 13.2. The second kappa shape index (κ2) is 7.39. The monoisotopic (exact) mass is 385 g/mol. The van der Waals surface area contributed by atoms with E-state index in [2.05, 4.69) is 9.88 Å². The van der Waals surface area contributed by atoms with Gasteiger partial charge >= 0.3 is 0 Å². The van der Waals surface area contributed by atoms with E-state index >= 15 is 0 Å². The average molecular weight is 385 g/mol. The number of amides is 1. The Labute approximate surface area is 162 Å². The summed E-state index contributed by atoms with van der Waals surface area (Å²) in [7, 11) is 2.00. The minimum atomic E-state index is -0.273. The van der Waals surface area contributed by atoms with Crippen LogP contribution in [0.4, 0.5) is 10.1 Å². The Hall–Kier alpha value is -2.67. The number of likely N-dealkylation sites (N-methyl/N-ethyl adjacent to an activating group) is 1. The Morgan fingerprint density at radius 3 is 2.61 bits per heavy atom. The zero-order valence-electron chi connectivity index (χ0n) is 15.9. The Bertz CT molecular complexity index is 904. The molecule has 1 spiro atoms. The summed E-state index contributed by atoms with van der Waals surface area (Å²) < 4.78 is 19.4. The van der Waals surface area contributed by atoms with Gasteiger partial charge in [-0.05, 0) is 49.6 Å². The molecule has 2 aromatic rings. The van der Waals surface area contributed by atoms with Gasteiger partial charge in [-0.3, -0.25) is 9.59 Å². The van der Waals surface area contributed by atoms with Crippen LogP contribution in [0.25, 0.3) is 0 Å². The molecule has 2 aliphatic heterocycles. The average Bonchev–Trinajstić information content (AvgIpc) is 3.12. The first-order valence-electron chi connectivity index (χ1n) is 9.57. The fourth-order valence-electron chi connectivity index (χ4n) is 4.16. The summed E-state index contributed by atoms with van der Waals surface area (Å²) in [4.78, 5) is 30.6. The molecular weight excluding hydrogens is 361 g/mol. The number of pyridine rings is 1. The van der Waals surface area contributed by atoms with Crippen molar-refractivity contribution in [1.82, 2.24) is 9.88 Å². The van der Waals surface area contributed by atoms with E-state index in [0.29, 0.717) is 25.4 Å². The number of halogens is 1. The molecule has 4 rings (SSSR count). The third kappa shape index (κ3) is 3.67. The molecule has 3 heterocycles. The van der Waals surface area contributed by atoms with Gasteiger partial charge < -0.3 is 19.5 Å². The lowest BCUT2D eigenvalue weighted by molar-refractivity contribution is -0.0389. The van der Waals surface area contributed by atoms with Crippen molar-refractivity contribution >= 4 is 11.6 Å². The minimum absolute atomic E-state index is 0.148. The molecule has 2 fully saturated rings. The number of hydrogen-bond acceptors (Lipinski definition) is 4. The molecule has 0 radical (unpaired) electrons. The largest absolute Gasteiger partial charge is 0.373 e. The Kier molecular flexibility index (Phi) is 4.93. The zero-order chi connectivity index (χ0) is 19.7. The molecule has 0 aliphatic carbocycles. The molecule has 2 saturated heterocycles. The summed E-state index contributed by atoms with van der Waals surface area (Å²) in [5, 5.41) is 0. The van der Waals surface area contributed by atoms with Crippen molar-refractivity contribution in [3.63, 3.8) is 0 Å². The molecule has 1 N–H and O–H groups in total. The van der Waals surface area contributed by atoms with E-state index in [4.69, 9.17) is 4.74 Å². The van der Waals surface area contributed by atoms with Crippen molar-refractivity contribution in [3.8, 4) is 0 Å². The standard InChI is InChI=1S/C21H24FN3O3/c1-24(16-7-5-15(22)6-8-16)17-13-21(28-14-17)9-11-25(12-10-21)20(27)18-3-2-4-19(26)23-18/h2-8,17H,9-14H2,1H3,(H,23,26)/t17-/m0/s1. The smallest absolute Gasteiger partial charge is 0.270 e. The normalized spacial score (nSPS) is 21.1. The van der Waals surface area contributed by atoms with Crippen LogP contribution in [-0.4, -0.2) is 54.2 Å². The first-order chi connectivity index (χ1) is 13.5. The summed E-state index contributed by atoms with van der Waals surface area (Å²) in [6.07, 6.45) is 2.41. The quantitative estimate of drug-likeness (QED) is 0.881. The molecule has 148 valence electrons. The highest BCUT2D eigenvalue weighted by Crippen LogP contribution is 2.38. The predicted octanol–water partition coefficient (Wildman–Crippen LogP) is 2.41.